The fourth-order valence-corrected chi connectivity index (χ4v) is 2.13. The first-order valence-electron chi connectivity index (χ1n) is 7.64. The highest BCUT2D eigenvalue weighted by atomic mass is 16.6. The largest absolute Gasteiger partial charge is 0.489 e. The molecule has 1 aromatic carbocycles. The minimum absolute atomic E-state index is 0.0707. The molecular weight excluding hydrogens is 318 g/mol. The maximum absolute atomic E-state index is 11.2. The Kier molecular flexibility index (Phi) is 8.24. The van der Waals surface area contributed by atoms with Crippen LogP contribution in [0.25, 0.3) is 0 Å². The van der Waals surface area contributed by atoms with Crippen LogP contribution in [-0.4, -0.2) is 37.5 Å². The van der Waals surface area contributed by atoms with Crippen LogP contribution in [0.5, 0.6) is 11.5 Å². The molecule has 0 heterocycles. The molecule has 0 saturated carbocycles. The highest BCUT2D eigenvalue weighted by molar-refractivity contribution is 5.85. The number of methoxy groups -OCH3 is 1. The van der Waals surface area contributed by atoms with Gasteiger partial charge < -0.3 is 14.2 Å². The van der Waals surface area contributed by atoms with Crippen LogP contribution >= 0.6 is 0 Å². The van der Waals surface area contributed by atoms with Gasteiger partial charge in [-0.15, -0.1) is 0 Å². The van der Waals surface area contributed by atoms with E-state index in [0.29, 0.717) is 38.8 Å². The Hall–Kier alpha value is -2.64. The maximum Gasteiger partial charge on any atom is 0.325 e. The van der Waals surface area contributed by atoms with E-state index in [9.17, 15) is 19.7 Å². The average molecular weight is 339 g/mol. The lowest BCUT2D eigenvalue weighted by Crippen LogP contribution is -2.05. The van der Waals surface area contributed by atoms with E-state index in [1.54, 1.807) is 6.92 Å². The van der Waals surface area contributed by atoms with Crippen molar-refractivity contribution in [3.05, 3.63) is 27.8 Å². The Morgan fingerprint density at radius 1 is 1.29 bits per heavy atom. The van der Waals surface area contributed by atoms with E-state index in [4.69, 9.17) is 14.2 Å². The Morgan fingerprint density at radius 2 is 2.04 bits per heavy atom. The minimum Gasteiger partial charge on any atom is -0.489 e. The third-order valence-electron chi connectivity index (χ3n) is 3.23. The van der Waals surface area contributed by atoms with Crippen LogP contribution in [0.15, 0.2) is 12.1 Å². The van der Waals surface area contributed by atoms with Gasteiger partial charge in [0, 0.05) is 6.42 Å². The molecule has 0 amide bonds. The van der Waals surface area contributed by atoms with Gasteiger partial charge in [-0.25, -0.2) is 0 Å². The number of hydrogen-bond donors (Lipinski definition) is 0. The predicted molar refractivity (Wildman–Crippen MR) is 85.6 cm³/mol. The van der Waals surface area contributed by atoms with Crippen molar-refractivity contribution in [3.63, 3.8) is 0 Å². The van der Waals surface area contributed by atoms with Crippen LogP contribution in [0, 0.1) is 10.1 Å². The van der Waals surface area contributed by atoms with E-state index in [1.165, 1.54) is 19.2 Å². The number of aldehydes is 1. The summed E-state index contributed by atoms with van der Waals surface area (Å²) in [6.45, 7) is 2.45. The number of esters is 1. The second-order valence-electron chi connectivity index (χ2n) is 4.87. The molecule has 8 heteroatoms. The number of unbranched alkanes of at least 4 members (excludes halogenated alkanes) is 2. The molecule has 132 valence electrons. The number of rotatable bonds is 11. The van der Waals surface area contributed by atoms with Crippen molar-refractivity contribution in [1.82, 2.24) is 0 Å². The molecular formula is C16H21NO7. The van der Waals surface area contributed by atoms with Gasteiger partial charge in [0.05, 0.1) is 30.8 Å². The summed E-state index contributed by atoms with van der Waals surface area (Å²) >= 11 is 0. The molecule has 8 nitrogen and oxygen atoms in total. The lowest BCUT2D eigenvalue weighted by atomic mass is 10.1. The van der Waals surface area contributed by atoms with Gasteiger partial charge in [0.25, 0.3) is 0 Å². The number of nitrogens with zero attached hydrogens (tertiary/aromatic N) is 1. The average Bonchev–Trinajstić information content (AvgIpc) is 2.57. The van der Waals surface area contributed by atoms with Gasteiger partial charge >= 0.3 is 11.7 Å². The van der Waals surface area contributed by atoms with Gasteiger partial charge in [0.15, 0.2) is 12.0 Å². The molecule has 1 aromatic rings. The summed E-state index contributed by atoms with van der Waals surface area (Å²) in [5.41, 5.74) is -0.481. The molecule has 0 aromatic heterocycles. The number of carbonyl (C=O) groups is 2. The van der Waals surface area contributed by atoms with Crippen molar-refractivity contribution >= 4 is 17.9 Å². The molecule has 0 N–H and O–H groups in total. The first-order valence-corrected chi connectivity index (χ1v) is 7.64. The first kappa shape index (κ1) is 19.4. The highest BCUT2D eigenvalue weighted by Crippen LogP contribution is 2.39. The molecule has 24 heavy (non-hydrogen) atoms. The van der Waals surface area contributed by atoms with Crippen molar-refractivity contribution in [2.75, 3.05) is 20.3 Å². The van der Waals surface area contributed by atoms with Crippen LogP contribution < -0.4 is 9.47 Å². The van der Waals surface area contributed by atoms with E-state index >= 15 is 0 Å². The second kappa shape index (κ2) is 10.2. The number of benzene rings is 1. The smallest absolute Gasteiger partial charge is 0.325 e. The lowest BCUT2D eigenvalue weighted by Gasteiger charge is -2.11. The number of nitro groups is 1. The van der Waals surface area contributed by atoms with Gasteiger partial charge in [-0.2, -0.15) is 0 Å². The van der Waals surface area contributed by atoms with Gasteiger partial charge in [-0.1, -0.05) is 0 Å². The van der Waals surface area contributed by atoms with Crippen molar-refractivity contribution < 1.29 is 28.7 Å². The fraction of sp³-hybridized carbons (Fsp3) is 0.500. The summed E-state index contributed by atoms with van der Waals surface area (Å²) in [5, 5.41) is 11.1. The minimum atomic E-state index is -0.672. The van der Waals surface area contributed by atoms with E-state index < -0.39 is 10.6 Å². The first-order chi connectivity index (χ1) is 11.5. The number of ether oxygens (including phenoxy) is 3. The standard InChI is InChI=1S/C16H21NO7/c1-3-23-14(19)7-5-4-6-10-24-13-9-8-12(11-18)15(17(20)21)16(13)22-2/h8-9,11H,3-7,10H2,1-2H3. The highest BCUT2D eigenvalue weighted by Gasteiger charge is 2.25. The van der Waals surface area contributed by atoms with E-state index in [2.05, 4.69) is 0 Å². The molecule has 0 aliphatic rings. The Morgan fingerprint density at radius 3 is 2.62 bits per heavy atom. The quantitative estimate of drug-likeness (QED) is 0.201. The van der Waals surface area contributed by atoms with E-state index in [-0.39, 0.29) is 23.0 Å². The van der Waals surface area contributed by atoms with Crippen molar-refractivity contribution in [1.29, 1.82) is 0 Å². The van der Waals surface area contributed by atoms with Crippen LogP contribution in [0.1, 0.15) is 43.0 Å². The van der Waals surface area contributed by atoms with E-state index in [1.807, 2.05) is 0 Å². The normalized spacial score (nSPS) is 10.1. The summed E-state index contributed by atoms with van der Waals surface area (Å²) in [4.78, 5) is 32.5. The van der Waals surface area contributed by atoms with Crippen LogP contribution in [0.3, 0.4) is 0 Å². The fourth-order valence-electron chi connectivity index (χ4n) is 2.13. The summed E-state index contributed by atoms with van der Waals surface area (Å²) in [5.74, 6) is -0.0866. The molecule has 0 aliphatic carbocycles. The third kappa shape index (κ3) is 5.53. The van der Waals surface area contributed by atoms with Gasteiger partial charge in [-0.05, 0) is 38.3 Å². The molecule has 0 atom stereocenters. The topological polar surface area (TPSA) is 105 Å². The van der Waals surface area contributed by atoms with E-state index in [0.717, 1.165) is 6.42 Å². The van der Waals surface area contributed by atoms with Gasteiger partial charge in [-0.3, -0.25) is 19.7 Å². The molecule has 1 rings (SSSR count). The lowest BCUT2D eigenvalue weighted by molar-refractivity contribution is -0.386. The van der Waals surface area contributed by atoms with Crippen LogP contribution in [0.2, 0.25) is 0 Å². The van der Waals surface area contributed by atoms with Crippen molar-refractivity contribution in [3.8, 4) is 11.5 Å². The molecule has 0 spiro atoms. The molecule has 0 radical (unpaired) electrons. The van der Waals surface area contributed by atoms with Gasteiger partial charge in [0.2, 0.25) is 5.75 Å². The summed E-state index contributed by atoms with van der Waals surface area (Å²) in [7, 11) is 1.28. The predicted octanol–water partition coefficient (Wildman–Crippen LogP) is 2.92. The molecule has 0 saturated heterocycles. The SMILES string of the molecule is CCOC(=O)CCCCCOc1ccc(C=O)c([N+](=O)[O-])c1OC. The monoisotopic (exact) mass is 339 g/mol. The number of nitro benzene ring substituents is 1. The Bertz CT molecular complexity index is 586. The second-order valence-corrected chi connectivity index (χ2v) is 4.87. The zero-order valence-electron chi connectivity index (χ0n) is 13.8. The van der Waals surface area contributed by atoms with Crippen LogP contribution in [0.4, 0.5) is 5.69 Å². The summed E-state index contributed by atoms with van der Waals surface area (Å²) in [6.07, 6.45) is 2.88. The Balaban J connectivity index is 2.56. The number of hydrogen-bond acceptors (Lipinski definition) is 7. The molecule has 0 unspecified atom stereocenters. The van der Waals surface area contributed by atoms with Crippen LogP contribution in [-0.2, 0) is 9.53 Å². The van der Waals surface area contributed by atoms with Gasteiger partial charge in [0.1, 0.15) is 0 Å². The Labute approximate surface area is 139 Å². The third-order valence-corrected chi connectivity index (χ3v) is 3.23. The van der Waals surface area contributed by atoms with Crippen molar-refractivity contribution in [2.24, 2.45) is 0 Å². The molecule has 0 aliphatic heterocycles. The number of carbonyl (C=O) groups excluding carboxylic acids is 2. The summed E-state index contributed by atoms with van der Waals surface area (Å²) in [6, 6.07) is 2.79. The zero-order valence-corrected chi connectivity index (χ0v) is 13.8. The zero-order chi connectivity index (χ0) is 17.9. The maximum atomic E-state index is 11.2. The van der Waals surface area contributed by atoms with Crippen molar-refractivity contribution in [2.45, 2.75) is 32.6 Å². The summed E-state index contributed by atoms with van der Waals surface area (Å²) < 4.78 is 15.4. The molecule has 0 fully saturated rings. The molecule has 0 bridgehead atoms.